The molecule has 0 saturated heterocycles. The quantitative estimate of drug-likeness (QED) is 0.465. The maximum absolute atomic E-state index is 10.6. The van der Waals surface area contributed by atoms with Gasteiger partial charge in [0.1, 0.15) is 11.5 Å². The zero-order valence-electron chi connectivity index (χ0n) is 15.4. The predicted molar refractivity (Wildman–Crippen MR) is 103 cm³/mol. The molecule has 0 bridgehead atoms. The van der Waals surface area contributed by atoms with Crippen molar-refractivity contribution in [1.29, 1.82) is 0 Å². The van der Waals surface area contributed by atoms with Crippen molar-refractivity contribution in [2.45, 2.75) is 59.8 Å². The van der Waals surface area contributed by atoms with Crippen molar-refractivity contribution in [2.24, 2.45) is 5.92 Å². The molecule has 0 spiro atoms. The summed E-state index contributed by atoms with van der Waals surface area (Å²) in [5.74, 6) is 1.37. The van der Waals surface area contributed by atoms with E-state index in [9.17, 15) is 10.2 Å². The summed E-state index contributed by atoms with van der Waals surface area (Å²) in [6.07, 6.45) is 7.67. The van der Waals surface area contributed by atoms with Gasteiger partial charge in [-0.25, -0.2) is 0 Å². The van der Waals surface area contributed by atoms with E-state index in [2.05, 4.69) is 26.8 Å². The molecule has 0 aliphatic heterocycles. The van der Waals surface area contributed by atoms with Gasteiger partial charge in [0.05, 0.1) is 0 Å². The minimum absolute atomic E-state index is 0.279. The van der Waals surface area contributed by atoms with E-state index in [0.29, 0.717) is 17.6 Å². The fraction of sp³-hybridized carbons (Fsp3) is 0.455. The van der Waals surface area contributed by atoms with Gasteiger partial charge in [0, 0.05) is 16.3 Å². The Morgan fingerprint density at radius 3 is 2.38 bits per heavy atom. The zero-order chi connectivity index (χ0) is 17.7. The summed E-state index contributed by atoms with van der Waals surface area (Å²) < 4.78 is 0. The van der Waals surface area contributed by atoms with Gasteiger partial charge in [0.2, 0.25) is 0 Å². The Balaban J connectivity index is 2.16. The highest BCUT2D eigenvalue weighted by Gasteiger charge is 2.14. The van der Waals surface area contributed by atoms with Crippen LogP contribution in [0.25, 0.3) is 10.8 Å². The van der Waals surface area contributed by atoms with E-state index in [-0.39, 0.29) is 5.75 Å². The molecule has 0 saturated carbocycles. The third-order valence-corrected chi connectivity index (χ3v) is 5.15. The molecule has 2 aromatic rings. The minimum Gasteiger partial charge on any atom is -0.507 e. The van der Waals surface area contributed by atoms with Gasteiger partial charge in [-0.3, -0.25) is 0 Å². The van der Waals surface area contributed by atoms with Crippen LogP contribution in [0.2, 0.25) is 0 Å². The molecule has 0 radical (unpaired) electrons. The summed E-state index contributed by atoms with van der Waals surface area (Å²) in [7, 11) is 0. The van der Waals surface area contributed by atoms with Gasteiger partial charge in [-0.05, 0) is 44.6 Å². The molecule has 2 N–H and O–H groups in total. The van der Waals surface area contributed by atoms with Crippen LogP contribution in [0.15, 0.2) is 35.9 Å². The lowest BCUT2D eigenvalue weighted by molar-refractivity contribution is 0.461. The molecule has 0 aliphatic carbocycles. The summed E-state index contributed by atoms with van der Waals surface area (Å²) in [5, 5.41) is 22.5. The normalized spacial score (nSPS) is 13.4. The van der Waals surface area contributed by atoms with Crippen LogP contribution >= 0.6 is 0 Å². The van der Waals surface area contributed by atoms with Crippen molar-refractivity contribution in [3.05, 3.63) is 47.0 Å². The van der Waals surface area contributed by atoms with Crippen LogP contribution in [-0.4, -0.2) is 10.2 Å². The summed E-state index contributed by atoms with van der Waals surface area (Å²) >= 11 is 0. The standard InChI is InChI=1S/C22H30O2/c1-5-15(2)9-8-10-16(3)13-14-18-17(4)21(23)19-11-6-7-12-20(19)22(18)24/h6-7,11-13,15,23-24H,5,8-10,14H2,1-4H3/b16-13+. The first-order valence-electron chi connectivity index (χ1n) is 9.03. The molecule has 1 atom stereocenters. The lowest BCUT2D eigenvalue weighted by Gasteiger charge is -2.13. The number of fused-ring (bicyclic) bond motifs is 1. The highest BCUT2D eigenvalue weighted by molar-refractivity contribution is 5.95. The van der Waals surface area contributed by atoms with E-state index in [0.717, 1.165) is 28.9 Å². The van der Waals surface area contributed by atoms with Crippen molar-refractivity contribution in [3.63, 3.8) is 0 Å². The van der Waals surface area contributed by atoms with Gasteiger partial charge in [-0.2, -0.15) is 0 Å². The topological polar surface area (TPSA) is 40.5 Å². The number of hydrogen-bond donors (Lipinski definition) is 2. The molecule has 0 aromatic heterocycles. The highest BCUT2D eigenvalue weighted by Crippen LogP contribution is 2.39. The number of phenolic OH excluding ortho intramolecular Hbond substituents is 2. The first-order chi connectivity index (χ1) is 11.5. The molecule has 2 rings (SSSR count). The number of aromatic hydroxyl groups is 2. The minimum atomic E-state index is 0.279. The van der Waals surface area contributed by atoms with Crippen molar-refractivity contribution in [3.8, 4) is 11.5 Å². The number of hydrogen-bond acceptors (Lipinski definition) is 2. The van der Waals surface area contributed by atoms with Crippen molar-refractivity contribution in [1.82, 2.24) is 0 Å². The predicted octanol–water partition coefficient (Wildman–Crippen LogP) is 6.26. The largest absolute Gasteiger partial charge is 0.507 e. The molecular weight excluding hydrogens is 296 g/mol. The van der Waals surface area contributed by atoms with E-state index in [1.807, 2.05) is 31.2 Å². The summed E-state index contributed by atoms with van der Waals surface area (Å²) in [5.41, 5.74) is 2.95. The van der Waals surface area contributed by atoms with E-state index < -0.39 is 0 Å². The van der Waals surface area contributed by atoms with Crippen LogP contribution < -0.4 is 0 Å². The molecule has 0 aliphatic rings. The fourth-order valence-corrected chi connectivity index (χ4v) is 3.14. The van der Waals surface area contributed by atoms with Gasteiger partial charge >= 0.3 is 0 Å². The Bertz CT molecular complexity index is 728. The Hall–Kier alpha value is -1.96. The second-order valence-corrected chi connectivity index (χ2v) is 7.01. The number of rotatable bonds is 7. The van der Waals surface area contributed by atoms with E-state index >= 15 is 0 Å². The van der Waals surface area contributed by atoms with Crippen LogP contribution in [0.4, 0.5) is 0 Å². The van der Waals surface area contributed by atoms with Crippen molar-refractivity contribution in [2.75, 3.05) is 0 Å². The van der Waals surface area contributed by atoms with E-state index in [4.69, 9.17) is 0 Å². The van der Waals surface area contributed by atoms with Crippen molar-refractivity contribution < 1.29 is 10.2 Å². The Morgan fingerprint density at radius 1 is 1.12 bits per heavy atom. The van der Waals surface area contributed by atoms with Gasteiger partial charge in [0.25, 0.3) is 0 Å². The Kier molecular flexibility index (Phi) is 6.30. The maximum atomic E-state index is 10.6. The van der Waals surface area contributed by atoms with Gasteiger partial charge in [-0.1, -0.05) is 62.6 Å². The molecule has 1 unspecified atom stereocenters. The molecule has 2 heteroatoms. The molecule has 0 fully saturated rings. The summed E-state index contributed by atoms with van der Waals surface area (Å²) in [6.45, 7) is 8.58. The third kappa shape index (κ3) is 4.11. The van der Waals surface area contributed by atoms with Crippen LogP contribution in [0.3, 0.4) is 0 Å². The SMILES string of the molecule is CCC(C)CCC/C(C)=C/Cc1c(C)c(O)c2ccccc2c1O. The number of allylic oxidation sites excluding steroid dienone is 2. The van der Waals surface area contributed by atoms with E-state index in [1.54, 1.807) is 0 Å². The average molecular weight is 326 g/mol. The first kappa shape index (κ1) is 18.4. The number of phenols is 2. The summed E-state index contributed by atoms with van der Waals surface area (Å²) in [4.78, 5) is 0. The first-order valence-corrected chi connectivity index (χ1v) is 9.03. The van der Waals surface area contributed by atoms with Crippen LogP contribution in [0.5, 0.6) is 11.5 Å². The molecule has 24 heavy (non-hydrogen) atoms. The third-order valence-electron chi connectivity index (χ3n) is 5.15. The lowest BCUT2D eigenvalue weighted by atomic mass is 9.95. The molecule has 0 amide bonds. The van der Waals surface area contributed by atoms with Crippen LogP contribution in [0.1, 0.15) is 57.6 Å². The molecule has 130 valence electrons. The monoisotopic (exact) mass is 326 g/mol. The smallest absolute Gasteiger partial charge is 0.127 e. The molecule has 2 aromatic carbocycles. The fourth-order valence-electron chi connectivity index (χ4n) is 3.14. The van der Waals surface area contributed by atoms with Crippen molar-refractivity contribution >= 4 is 10.8 Å². The Labute approximate surface area is 145 Å². The second-order valence-electron chi connectivity index (χ2n) is 7.01. The lowest BCUT2D eigenvalue weighted by Crippen LogP contribution is -1.94. The van der Waals surface area contributed by atoms with Crippen LogP contribution in [0, 0.1) is 12.8 Å². The molecule has 0 heterocycles. The number of benzene rings is 2. The summed E-state index contributed by atoms with van der Waals surface area (Å²) in [6, 6.07) is 7.46. The van der Waals surface area contributed by atoms with Gasteiger partial charge in [0.15, 0.2) is 0 Å². The Morgan fingerprint density at radius 2 is 1.75 bits per heavy atom. The van der Waals surface area contributed by atoms with Crippen LogP contribution in [-0.2, 0) is 6.42 Å². The highest BCUT2D eigenvalue weighted by atomic mass is 16.3. The average Bonchev–Trinajstić information content (AvgIpc) is 2.59. The van der Waals surface area contributed by atoms with Gasteiger partial charge < -0.3 is 10.2 Å². The maximum Gasteiger partial charge on any atom is 0.127 e. The zero-order valence-corrected chi connectivity index (χ0v) is 15.4. The second kappa shape index (κ2) is 8.23. The molecule has 2 nitrogen and oxygen atoms in total. The molecular formula is C22H30O2. The van der Waals surface area contributed by atoms with E-state index in [1.165, 1.54) is 24.8 Å². The van der Waals surface area contributed by atoms with Gasteiger partial charge in [-0.15, -0.1) is 0 Å².